The van der Waals surface area contributed by atoms with Crippen molar-refractivity contribution in [3.8, 4) is 0 Å². The van der Waals surface area contributed by atoms with E-state index >= 15 is 0 Å². The van der Waals surface area contributed by atoms with Gasteiger partial charge in [0.05, 0.1) is 13.2 Å². The molecule has 2 unspecified atom stereocenters. The molecule has 2 aliphatic rings. The zero-order valence-corrected chi connectivity index (χ0v) is 20.0. The van der Waals surface area contributed by atoms with Gasteiger partial charge in [0.2, 0.25) is 11.8 Å². The number of carbonyl (C=O) groups is 4. The van der Waals surface area contributed by atoms with Gasteiger partial charge < -0.3 is 20.1 Å². The lowest BCUT2D eigenvalue weighted by Crippen LogP contribution is -2.46. The molecule has 0 aromatic carbocycles. The van der Waals surface area contributed by atoms with Crippen molar-refractivity contribution in [3.05, 3.63) is 25.3 Å². The molecule has 2 atom stereocenters. The highest BCUT2D eigenvalue weighted by atomic mass is 16.5. The maximum atomic E-state index is 12.3. The number of unbranched alkanes of at least 4 members (excludes halogenated alkanes) is 5. The highest BCUT2D eigenvalue weighted by Crippen LogP contribution is 2.21. The average molecular weight is 479 g/mol. The Hall–Kier alpha value is -2.72. The number of ether oxygens (including phenoxy) is 2. The van der Waals surface area contributed by atoms with E-state index in [1.807, 2.05) is 0 Å². The molecule has 2 saturated heterocycles. The smallest absolute Gasteiger partial charge is 0.326 e. The number of imide groups is 2. The largest absolute Gasteiger partial charge is 0.354 e. The molecule has 0 spiro atoms. The average Bonchev–Trinajstić information content (AvgIpc) is 3.38. The molecule has 2 fully saturated rings. The number of carbonyl (C=O) groups excluding carboxylic acids is 4. The summed E-state index contributed by atoms with van der Waals surface area (Å²) in [5.74, 6) is -0.430. The fourth-order valence-electron chi connectivity index (χ4n) is 3.99. The first-order chi connectivity index (χ1) is 16.5. The number of urea groups is 2. The maximum Gasteiger partial charge on any atom is 0.326 e. The van der Waals surface area contributed by atoms with Crippen LogP contribution in [0.15, 0.2) is 25.3 Å². The summed E-state index contributed by atoms with van der Waals surface area (Å²) >= 11 is 0. The highest BCUT2D eigenvalue weighted by Gasteiger charge is 2.37. The van der Waals surface area contributed by atoms with E-state index < -0.39 is 24.5 Å². The Bertz CT molecular complexity index is 668. The van der Waals surface area contributed by atoms with Crippen molar-refractivity contribution in [2.24, 2.45) is 0 Å². The minimum atomic E-state index is -0.514. The number of amides is 6. The molecule has 190 valence electrons. The third-order valence-corrected chi connectivity index (χ3v) is 5.73. The topological polar surface area (TPSA) is 117 Å². The van der Waals surface area contributed by atoms with E-state index in [1.165, 1.54) is 9.80 Å². The predicted octanol–water partition coefficient (Wildman–Crippen LogP) is 3.05. The molecule has 0 bridgehead atoms. The Morgan fingerprint density at radius 3 is 1.53 bits per heavy atom. The monoisotopic (exact) mass is 478 g/mol. The van der Waals surface area contributed by atoms with Crippen LogP contribution in [0, 0.1) is 0 Å². The van der Waals surface area contributed by atoms with Crippen LogP contribution in [-0.4, -0.2) is 72.4 Å². The minimum absolute atomic E-state index is 0.215. The number of nitrogens with zero attached hydrogens (tertiary/aromatic N) is 2. The summed E-state index contributed by atoms with van der Waals surface area (Å²) in [6.45, 7) is 8.77. The standard InChI is InChI=1S/C24H38N4O6/c1-3-17-33-21-13-11-19(29)27(21)23(31)25-15-9-7-5-6-8-10-16-26-24(32)28-20(30)12-14-22(28)34-18-4-2/h3-4,21-22H,1-2,5-18H2,(H,25,31)(H,26,32). The SMILES string of the molecule is C=CCOC1CCC(=O)N1C(=O)NCCCCCCCCNC(=O)N1C(=O)CCC1OCC=C. The number of nitrogens with one attached hydrogen (secondary N) is 2. The third-order valence-electron chi connectivity index (χ3n) is 5.73. The van der Waals surface area contributed by atoms with Gasteiger partial charge in [0.25, 0.3) is 0 Å². The summed E-state index contributed by atoms with van der Waals surface area (Å²) in [6.07, 6.45) is 9.41. The van der Waals surface area contributed by atoms with Gasteiger partial charge in [0.15, 0.2) is 0 Å². The van der Waals surface area contributed by atoms with Crippen LogP contribution in [-0.2, 0) is 19.1 Å². The number of likely N-dealkylation sites (tertiary alicyclic amines) is 2. The quantitative estimate of drug-likeness (QED) is 0.276. The summed E-state index contributed by atoms with van der Waals surface area (Å²) in [5, 5.41) is 5.59. The molecular weight excluding hydrogens is 440 g/mol. The van der Waals surface area contributed by atoms with E-state index in [1.54, 1.807) is 12.2 Å². The van der Waals surface area contributed by atoms with Gasteiger partial charge in [-0.3, -0.25) is 9.59 Å². The molecule has 0 aliphatic carbocycles. The lowest BCUT2D eigenvalue weighted by atomic mass is 10.1. The van der Waals surface area contributed by atoms with E-state index in [0.717, 1.165) is 38.5 Å². The van der Waals surface area contributed by atoms with Gasteiger partial charge >= 0.3 is 12.1 Å². The predicted molar refractivity (Wildman–Crippen MR) is 127 cm³/mol. The van der Waals surface area contributed by atoms with Gasteiger partial charge in [-0.1, -0.05) is 37.8 Å². The Kier molecular flexibility index (Phi) is 12.3. The van der Waals surface area contributed by atoms with Crippen molar-refractivity contribution in [2.75, 3.05) is 26.3 Å². The van der Waals surface area contributed by atoms with Crippen molar-refractivity contribution >= 4 is 23.9 Å². The maximum absolute atomic E-state index is 12.3. The van der Waals surface area contributed by atoms with Crippen LogP contribution < -0.4 is 10.6 Å². The molecule has 2 N–H and O–H groups in total. The highest BCUT2D eigenvalue weighted by molar-refractivity contribution is 5.96. The number of hydrogen-bond acceptors (Lipinski definition) is 6. The van der Waals surface area contributed by atoms with Crippen LogP contribution in [0.3, 0.4) is 0 Å². The Morgan fingerprint density at radius 2 is 1.15 bits per heavy atom. The van der Waals surface area contributed by atoms with Gasteiger partial charge in [-0.2, -0.15) is 0 Å². The van der Waals surface area contributed by atoms with Gasteiger partial charge in [0.1, 0.15) is 12.5 Å². The third kappa shape index (κ3) is 8.57. The molecule has 2 heterocycles. The van der Waals surface area contributed by atoms with E-state index in [4.69, 9.17) is 9.47 Å². The minimum Gasteiger partial charge on any atom is -0.354 e. The van der Waals surface area contributed by atoms with E-state index in [-0.39, 0.29) is 11.8 Å². The molecule has 2 rings (SSSR count). The second-order valence-electron chi connectivity index (χ2n) is 8.34. The normalized spacial score (nSPS) is 20.0. The first-order valence-corrected chi connectivity index (χ1v) is 12.1. The molecule has 10 nitrogen and oxygen atoms in total. The van der Waals surface area contributed by atoms with Crippen LogP contribution >= 0.6 is 0 Å². The van der Waals surface area contributed by atoms with Crippen LogP contribution in [0.2, 0.25) is 0 Å². The zero-order valence-electron chi connectivity index (χ0n) is 20.0. The molecule has 34 heavy (non-hydrogen) atoms. The van der Waals surface area contributed by atoms with Crippen LogP contribution in [0.4, 0.5) is 9.59 Å². The summed E-state index contributed by atoms with van der Waals surface area (Å²) in [6, 6.07) is -0.804. The van der Waals surface area contributed by atoms with Crippen LogP contribution in [0.5, 0.6) is 0 Å². The summed E-state index contributed by atoms with van der Waals surface area (Å²) < 4.78 is 11.0. The van der Waals surface area contributed by atoms with Crippen molar-refractivity contribution in [1.82, 2.24) is 20.4 Å². The first kappa shape index (κ1) is 27.5. The Labute approximate surface area is 201 Å². The summed E-state index contributed by atoms with van der Waals surface area (Å²) in [4.78, 5) is 50.8. The number of hydrogen-bond donors (Lipinski definition) is 2. The molecular formula is C24H38N4O6. The molecule has 0 radical (unpaired) electrons. The van der Waals surface area contributed by atoms with Crippen molar-refractivity contribution in [1.29, 1.82) is 0 Å². The van der Waals surface area contributed by atoms with Crippen LogP contribution in [0.1, 0.15) is 64.2 Å². The first-order valence-electron chi connectivity index (χ1n) is 12.1. The molecule has 0 aromatic heterocycles. The molecule has 10 heteroatoms. The van der Waals surface area contributed by atoms with Gasteiger partial charge in [-0.05, 0) is 12.8 Å². The van der Waals surface area contributed by atoms with Gasteiger partial charge in [-0.25, -0.2) is 19.4 Å². The van der Waals surface area contributed by atoms with E-state index in [2.05, 4.69) is 23.8 Å². The lowest BCUT2D eigenvalue weighted by Gasteiger charge is -2.23. The Morgan fingerprint density at radius 1 is 0.765 bits per heavy atom. The van der Waals surface area contributed by atoms with Gasteiger partial charge in [0, 0.05) is 38.8 Å². The fraction of sp³-hybridized carbons (Fsp3) is 0.667. The van der Waals surface area contributed by atoms with Crippen molar-refractivity contribution in [2.45, 2.75) is 76.7 Å². The lowest BCUT2D eigenvalue weighted by molar-refractivity contribution is -0.131. The fourth-order valence-corrected chi connectivity index (χ4v) is 3.99. The van der Waals surface area contributed by atoms with Crippen LogP contribution in [0.25, 0.3) is 0 Å². The molecule has 6 amide bonds. The zero-order chi connectivity index (χ0) is 24.8. The summed E-state index contributed by atoms with van der Waals surface area (Å²) in [5.41, 5.74) is 0. The second kappa shape index (κ2) is 15.2. The Balaban J connectivity index is 1.49. The molecule has 0 aromatic rings. The van der Waals surface area contributed by atoms with Crippen molar-refractivity contribution in [3.63, 3.8) is 0 Å². The molecule has 2 aliphatic heterocycles. The number of rotatable bonds is 15. The second-order valence-corrected chi connectivity index (χ2v) is 8.34. The van der Waals surface area contributed by atoms with Gasteiger partial charge in [-0.15, -0.1) is 13.2 Å². The van der Waals surface area contributed by atoms with Crippen molar-refractivity contribution < 1.29 is 28.7 Å². The summed E-state index contributed by atoms with van der Waals surface area (Å²) in [7, 11) is 0. The van der Waals surface area contributed by atoms with E-state index in [9.17, 15) is 19.2 Å². The van der Waals surface area contributed by atoms with E-state index in [0.29, 0.717) is 52.0 Å². The molecule has 0 saturated carbocycles.